The summed E-state index contributed by atoms with van der Waals surface area (Å²) in [5.74, 6) is -0.0894. The van der Waals surface area contributed by atoms with Crippen LogP contribution in [0.4, 0.5) is 0 Å². The van der Waals surface area contributed by atoms with Crippen LogP contribution in [0.2, 0.25) is 0 Å². The number of benzene rings is 2. The monoisotopic (exact) mass is 360 g/mol. The number of carbonyl (C=O) groups is 1. The number of methoxy groups -OCH3 is 1. The Kier molecular flexibility index (Phi) is 5.43. The number of halogens is 3. The highest BCUT2D eigenvalue weighted by Gasteiger charge is 2.25. The van der Waals surface area contributed by atoms with Gasteiger partial charge in [-0.3, -0.25) is 4.79 Å². The second kappa shape index (κ2) is 6.95. The summed E-state index contributed by atoms with van der Waals surface area (Å²) < 4.78 is 8.60. The maximum Gasteiger partial charge on any atom is 0.313 e. The van der Waals surface area contributed by atoms with Crippen molar-refractivity contribution < 1.29 is 14.3 Å². The molecule has 1 unspecified atom stereocenters. The maximum atomic E-state index is 12.0. The summed E-state index contributed by atoms with van der Waals surface area (Å²) >= 11 is 16.7. The van der Waals surface area contributed by atoms with Crippen molar-refractivity contribution in [3.63, 3.8) is 0 Å². The summed E-state index contributed by atoms with van der Waals surface area (Å²) in [4.78, 5) is 12.0. The van der Waals surface area contributed by atoms with Gasteiger partial charge in [0.05, 0.1) is 13.0 Å². The van der Waals surface area contributed by atoms with Crippen LogP contribution in [0.15, 0.2) is 36.4 Å². The van der Waals surface area contributed by atoms with Crippen molar-refractivity contribution in [3.8, 4) is 5.75 Å². The molecule has 118 valence electrons. The van der Waals surface area contributed by atoms with E-state index in [0.717, 1.165) is 22.1 Å². The summed E-state index contributed by atoms with van der Waals surface area (Å²) in [7, 11) is 1.62. The lowest BCUT2D eigenvalue weighted by atomic mass is 9.98. The third-order valence-corrected chi connectivity index (χ3v) is 3.63. The molecule has 0 aromatic heterocycles. The van der Waals surface area contributed by atoms with Gasteiger partial charge in [-0.05, 0) is 35.4 Å². The minimum absolute atomic E-state index is 0.272. The number of hydrogen-bond donors (Lipinski definition) is 0. The molecule has 2 aromatic rings. The Balaban J connectivity index is 2.17. The molecule has 0 spiro atoms. The average Bonchev–Trinajstić information content (AvgIpc) is 2.50. The van der Waals surface area contributed by atoms with E-state index in [9.17, 15) is 4.79 Å². The van der Waals surface area contributed by atoms with Gasteiger partial charge in [0.15, 0.2) is 0 Å². The van der Waals surface area contributed by atoms with Crippen molar-refractivity contribution in [3.05, 3.63) is 42.0 Å². The number of fused-ring (bicyclic) bond motifs is 1. The van der Waals surface area contributed by atoms with Crippen LogP contribution in [-0.4, -0.2) is 23.5 Å². The van der Waals surface area contributed by atoms with Crippen molar-refractivity contribution in [1.82, 2.24) is 0 Å². The zero-order valence-electron chi connectivity index (χ0n) is 12.1. The quantitative estimate of drug-likeness (QED) is 0.576. The molecule has 0 fully saturated rings. The fourth-order valence-corrected chi connectivity index (χ4v) is 2.22. The van der Waals surface area contributed by atoms with Crippen molar-refractivity contribution in [2.75, 3.05) is 13.7 Å². The van der Waals surface area contributed by atoms with Gasteiger partial charge in [-0.25, -0.2) is 0 Å². The van der Waals surface area contributed by atoms with Gasteiger partial charge in [0.25, 0.3) is 0 Å². The summed E-state index contributed by atoms with van der Waals surface area (Å²) in [6.45, 7) is 1.48. The molecule has 0 saturated carbocycles. The molecule has 0 amide bonds. The van der Waals surface area contributed by atoms with Gasteiger partial charge in [-0.2, -0.15) is 0 Å². The Hall–Kier alpha value is -1.16. The normalized spacial score (nSPS) is 13.0. The summed E-state index contributed by atoms with van der Waals surface area (Å²) in [5, 5.41) is 2.05. The van der Waals surface area contributed by atoms with E-state index in [-0.39, 0.29) is 6.61 Å². The van der Waals surface area contributed by atoms with E-state index in [2.05, 4.69) is 0 Å². The minimum atomic E-state index is -1.60. The summed E-state index contributed by atoms with van der Waals surface area (Å²) in [5.41, 5.74) is 0.840. The van der Waals surface area contributed by atoms with Crippen LogP contribution in [0, 0.1) is 0 Å². The summed E-state index contributed by atoms with van der Waals surface area (Å²) in [6, 6.07) is 11.5. The fraction of sp³-hybridized carbons (Fsp3) is 0.312. The zero-order valence-corrected chi connectivity index (χ0v) is 14.4. The predicted octanol–water partition coefficient (Wildman–Crippen LogP) is 4.87. The number of carbonyl (C=O) groups excluding carboxylic acids is 1. The zero-order chi connectivity index (χ0) is 16.3. The van der Waals surface area contributed by atoms with Crippen molar-refractivity contribution in [2.24, 2.45) is 0 Å². The molecule has 1 atom stereocenters. The molecule has 6 heteroatoms. The topological polar surface area (TPSA) is 35.5 Å². The smallest absolute Gasteiger partial charge is 0.313 e. The highest BCUT2D eigenvalue weighted by molar-refractivity contribution is 6.67. The first-order valence-corrected chi connectivity index (χ1v) is 7.74. The maximum absolute atomic E-state index is 12.0. The second-order valence-corrected chi connectivity index (χ2v) is 7.43. The first-order valence-electron chi connectivity index (χ1n) is 6.61. The number of ether oxygens (including phenoxy) is 2. The van der Waals surface area contributed by atoms with E-state index in [1.165, 1.54) is 0 Å². The standard InChI is InChI=1S/C16H15Cl3O3/c1-10(15(20)22-9-16(17,18)19)11-3-4-13-8-14(21-2)6-5-12(13)7-11/h3-8,10H,9H2,1-2H3. The molecule has 0 radical (unpaired) electrons. The summed E-state index contributed by atoms with van der Waals surface area (Å²) in [6.07, 6.45) is 0. The van der Waals surface area contributed by atoms with E-state index < -0.39 is 15.7 Å². The number of alkyl halides is 3. The van der Waals surface area contributed by atoms with E-state index >= 15 is 0 Å². The Morgan fingerprint density at radius 1 is 1.14 bits per heavy atom. The SMILES string of the molecule is COc1ccc2cc(C(C)C(=O)OCC(Cl)(Cl)Cl)ccc2c1. The Labute approximate surface area is 144 Å². The minimum Gasteiger partial charge on any atom is -0.497 e. The molecule has 0 saturated heterocycles. The second-order valence-electron chi connectivity index (χ2n) is 4.92. The van der Waals surface area contributed by atoms with Crippen LogP contribution < -0.4 is 4.74 Å². The number of hydrogen-bond acceptors (Lipinski definition) is 3. The van der Waals surface area contributed by atoms with Gasteiger partial charge in [0, 0.05) is 0 Å². The van der Waals surface area contributed by atoms with Crippen molar-refractivity contribution in [2.45, 2.75) is 16.6 Å². The molecule has 3 nitrogen and oxygen atoms in total. The lowest BCUT2D eigenvalue weighted by Crippen LogP contribution is -2.20. The molecule has 0 aliphatic carbocycles. The molecule has 0 N–H and O–H groups in total. The molecular formula is C16H15Cl3O3. The average molecular weight is 362 g/mol. The molecular weight excluding hydrogens is 347 g/mol. The third kappa shape index (κ3) is 4.42. The first-order chi connectivity index (χ1) is 10.3. The predicted molar refractivity (Wildman–Crippen MR) is 90.2 cm³/mol. The van der Waals surface area contributed by atoms with Crippen molar-refractivity contribution >= 4 is 51.5 Å². The van der Waals surface area contributed by atoms with E-state index in [4.69, 9.17) is 44.3 Å². The highest BCUT2D eigenvalue weighted by Crippen LogP contribution is 2.28. The Morgan fingerprint density at radius 3 is 2.41 bits per heavy atom. The van der Waals surface area contributed by atoms with Gasteiger partial charge in [0.2, 0.25) is 3.79 Å². The molecule has 0 bridgehead atoms. The van der Waals surface area contributed by atoms with E-state index in [0.29, 0.717) is 0 Å². The molecule has 0 aliphatic heterocycles. The Morgan fingerprint density at radius 2 is 1.77 bits per heavy atom. The van der Waals surface area contributed by atoms with Crippen LogP contribution in [-0.2, 0) is 9.53 Å². The van der Waals surface area contributed by atoms with Gasteiger partial charge >= 0.3 is 5.97 Å². The van der Waals surface area contributed by atoms with Gasteiger partial charge in [-0.1, -0.05) is 59.1 Å². The molecule has 2 aromatic carbocycles. The Bertz CT molecular complexity index is 680. The molecule has 0 heterocycles. The first kappa shape index (κ1) is 17.2. The lowest BCUT2D eigenvalue weighted by Gasteiger charge is -2.15. The molecule has 0 aliphatic rings. The highest BCUT2D eigenvalue weighted by atomic mass is 35.6. The number of esters is 1. The van der Waals surface area contributed by atoms with Gasteiger partial charge in [0.1, 0.15) is 12.4 Å². The van der Waals surface area contributed by atoms with E-state index in [1.54, 1.807) is 14.0 Å². The lowest BCUT2D eigenvalue weighted by molar-refractivity contribution is -0.144. The van der Waals surface area contributed by atoms with Crippen LogP contribution >= 0.6 is 34.8 Å². The van der Waals surface area contributed by atoms with Crippen LogP contribution in [0.3, 0.4) is 0 Å². The molecule has 2 rings (SSSR count). The van der Waals surface area contributed by atoms with Crippen LogP contribution in [0.1, 0.15) is 18.4 Å². The van der Waals surface area contributed by atoms with Crippen LogP contribution in [0.5, 0.6) is 5.75 Å². The van der Waals surface area contributed by atoms with Crippen molar-refractivity contribution in [1.29, 1.82) is 0 Å². The van der Waals surface area contributed by atoms with Crippen LogP contribution in [0.25, 0.3) is 10.8 Å². The number of rotatable bonds is 4. The molecule has 22 heavy (non-hydrogen) atoms. The largest absolute Gasteiger partial charge is 0.497 e. The fourth-order valence-electron chi connectivity index (χ4n) is 2.05. The third-order valence-electron chi connectivity index (χ3n) is 3.30. The van der Waals surface area contributed by atoms with E-state index in [1.807, 2.05) is 36.4 Å². The van der Waals surface area contributed by atoms with Gasteiger partial charge in [-0.15, -0.1) is 0 Å². The van der Waals surface area contributed by atoms with Gasteiger partial charge < -0.3 is 9.47 Å².